The molecule has 1 aromatic rings. The fraction of sp³-hybridized carbons (Fsp3) is 0.714. The predicted octanol–water partition coefficient (Wildman–Crippen LogP) is 2.55. The van der Waals surface area contributed by atoms with Crippen molar-refractivity contribution in [2.45, 2.75) is 53.0 Å². The van der Waals surface area contributed by atoms with E-state index in [4.69, 9.17) is 5.73 Å². The summed E-state index contributed by atoms with van der Waals surface area (Å²) >= 11 is 0. The molecule has 1 aliphatic rings. The Morgan fingerprint density at radius 2 is 2.06 bits per heavy atom. The van der Waals surface area contributed by atoms with Crippen LogP contribution in [-0.2, 0) is 6.42 Å². The van der Waals surface area contributed by atoms with Gasteiger partial charge in [0.15, 0.2) is 0 Å². The van der Waals surface area contributed by atoms with Gasteiger partial charge in [-0.05, 0) is 32.6 Å². The first kappa shape index (κ1) is 13.1. The van der Waals surface area contributed by atoms with Gasteiger partial charge in [0.05, 0.1) is 0 Å². The number of hydrogen-bond donors (Lipinski definition) is 1. The predicted molar refractivity (Wildman–Crippen MR) is 75.8 cm³/mol. The molecule has 2 heterocycles. The van der Waals surface area contributed by atoms with Crippen LogP contribution in [0, 0.1) is 12.8 Å². The molecule has 0 bridgehead atoms. The largest absolute Gasteiger partial charge is 0.383 e. The summed E-state index contributed by atoms with van der Waals surface area (Å²) in [5.41, 5.74) is 7.02. The van der Waals surface area contributed by atoms with E-state index in [0.717, 1.165) is 36.1 Å². The van der Waals surface area contributed by atoms with E-state index in [1.54, 1.807) is 0 Å². The van der Waals surface area contributed by atoms with Crippen LogP contribution in [0.3, 0.4) is 0 Å². The Morgan fingerprint density at radius 3 is 2.67 bits per heavy atom. The number of nitrogens with two attached hydrogens (primary N) is 1. The molecule has 0 spiro atoms. The minimum atomic E-state index is 0.534. The smallest absolute Gasteiger partial charge is 0.137 e. The van der Waals surface area contributed by atoms with Gasteiger partial charge in [0, 0.05) is 24.6 Å². The second-order valence-corrected chi connectivity index (χ2v) is 5.50. The Hall–Kier alpha value is -1.32. The van der Waals surface area contributed by atoms with Crippen LogP contribution in [0.25, 0.3) is 0 Å². The third-order valence-corrected chi connectivity index (χ3v) is 3.93. The number of aryl methyl sites for hydroxylation is 1. The molecule has 2 unspecified atom stereocenters. The number of hydrogen-bond acceptors (Lipinski definition) is 4. The number of rotatable bonds is 2. The first-order chi connectivity index (χ1) is 8.52. The summed E-state index contributed by atoms with van der Waals surface area (Å²) in [4.78, 5) is 11.4. The average Bonchev–Trinajstić information content (AvgIpc) is 2.33. The first-order valence-electron chi connectivity index (χ1n) is 6.92. The van der Waals surface area contributed by atoms with Gasteiger partial charge in [0.25, 0.3) is 0 Å². The molecule has 1 saturated heterocycles. The lowest BCUT2D eigenvalue weighted by atomic mass is 9.93. The van der Waals surface area contributed by atoms with Gasteiger partial charge >= 0.3 is 0 Å². The molecule has 18 heavy (non-hydrogen) atoms. The van der Waals surface area contributed by atoms with E-state index in [1.165, 1.54) is 12.8 Å². The van der Waals surface area contributed by atoms with Crippen LogP contribution < -0.4 is 10.6 Å². The maximum atomic E-state index is 6.00. The number of nitrogens with zero attached hydrogens (tertiary/aromatic N) is 3. The van der Waals surface area contributed by atoms with Crippen LogP contribution in [0.2, 0.25) is 0 Å². The second kappa shape index (κ2) is 5.12. The quantitative estimate of drug-likeness (QED) is 0.874. The third-order valence-electron chi connectivity index (χ3n) is 3.93. The molecule has 4 nitrogen and oxygen atoms in total. The Labute approximate surface area is 110 Å². The molecule has 2 rings (SSSR count). The topological polar surface area (TPSA) is 55.0 Å². The summed E-state index contributed by atoms with van der Waals surface area (Å²) in [5.74, 6) is 3.32. The van der Waals surface area contributed by atoms with Crippen molar-refractivity contribution in [1.29, 1.82) is 0 Å². The fourth-order valence-corrected chi connectivity index (χ4v) is 2.73. The molecular weight excluding hydrogens is 224 g/mol. The van der Waals surface area contributed by atoms with Crippen molar-refractivity contribution in [3.8, 4) is 0 Å². The van der Waals surface area contributed by atoms with E-state index in [0.29, 0.717) is 11.9 Å². The lowest BCUT2D eigenvalue weighted by Crippen LogP contribution is -2.41. The molecule has 0 radical (unpaired) electrons. The number of piperidine rings is 1. The average molecular weight is 248 g/mol. The van der Waals surface area contributed by atoms with Gasteiger partial charge in [-0.1, -0.05) is 13.8 Å². The highest BCUT2D eigenvalue weighted by molar-refractivity contribution is 5.57. The lowest BCUT2D eigenvalue weighted by Gasteiger charge is -2.38. The molecule has 1 aliphatic heterocycles. The second-order valence-electron chi connectivity index (χ2n) is 5.50. The van der Waals surface area contributed by atoms with Crippen LogP contribution in [0.15, 0.2) is 0 Å². The van der Waals surface area contributed by atoms with Gasteiger partial charge in [-0.2, -0.15) is 0 Å². The van der Waals surface area contributed by atoms with Crippen LogP contribution in [0.4, 0.5) is 11.6 Å². The Kier molecular flexibility index (Phi) is 3.73. The summed E-state index contributed by atoms with van der Waals surface area (Å²) in [6.45, 7) is 9.76. The lowest BCUT2D eigenvalue weighted by molar-refractivity contribution is 0.375. The van der Waals surface area contributed by atoms with E-state index in [9.17, 15) is 0 Å². The number of anilines is 2. The third kappa shape index (κ3) is 2.42. The van der Waals surface area contributed by atoms with Gasteiger partial charge in [-0.3, -0.25) is 0 Å². The van der Waals surface area contributed by atoms with Crippen molar-refractivity contribution in [1.82, 2.24) is 9.97 Å². The molecule has 0 amide bonds. The van der Waals surface area contributed by atoms with Crippen molar-refractivity contribution in [3.05, 3.63) is 11.4 Å². The molecule has 100 valence electrons. The Balaban J connectivity index is 2.35. The van der Waals surface area contributed by atoms with Crippen molar-refractivity contribution in [2.75, 3.05) is 17.2 Å². The molecular formula is C14H24N4. The standard InChI is InChI=1S/C14H24N4/c1-5-12-16-13(15)11(4)14(17-12)18-7-6-9(2)8-10(18)3/h9-10H,5-8H2,1-4H3,(H2,15,16,17). The van der Waals surface area contributed by atoms with Gasteiger partial charge in [-0.25, -0.2) is 9.97 Å². The zero-order valence-corrected chi connectivity index (χ0v) is 11.9. The van der Waals surface area contributed by atoms with Crippen molar-refractivity contribution in [3.63, 3.8) is 0 Å². The summed E-state index contributed by atoms with van der Waals surface area (Å²) < 4.78 is 0. The molecule has 1 fully saturated rings. The van der Waals surface area contributed by atoms with Crippen molar-refractivity contribution < 1.29 is 0 Å². The van der Waals surface area contributed by atoms with Gasteiger partial charge in [0.1, 0.15) is 17.5 Å². The summed E-state index contributed by atoms with van der Waals surface area (Å²) in [6, 6.07) is 0.534. The fourth-order valence-electron chi connectivity index (χ4n) is 2.73. The van der Waals surface area contributed by atoms with E-state index in [1.807, 2.05) is 6.92 Å². The molecule has 4 heteroatoms. The minimum absolute atomic E-state index is 0.534. The maximum absolute atomic E-state index is 6.00. The molecule has 2 N–H and O–H groups in total. The van der Waals surface area contributed by atoms with Crippen LogP contribution in [0.5, 0.6) is 0 Å². The Bertz CT molecular complexity index is 430. The Morgan fingerprint density at radius 1 is 1.33 bits per heavy atom. The molecule has 2 atom stereocenters. The van der Waals surface area contributed by atoms with Crippen LogP contribution in [-0.4, -0.2) is 22.6 Å². The van der Waals surface area contributed by atoms with E-state index in [2.05, 4.69) is 35.6 Å². The normalized spacial score (nSPS) is 24.3. The van der Waals surface area contributed by atoms with Gasteiger partial charge in [0.2, 0.25) is 0 Å². The summed E-state index contributed by atoms with van der Waals surface area (Å²) in [5, 5.41) is 0. The minimum Gasteiger partial charge on any atom is -0.383 e. The van der Waals surface area contributed by atoms with E-state index in [-0.39, 0.29) is 0 Å². The van der Waals surface area contributed by atoms with Gasteiger partial charge in [-0.15, -0.1) is 0 Å². The first-order valence-corrected chi connectivity index (χ1v) is 6.92. The van der Waals surface area contributed by atoms with Gasteiger partial charge < -0.3 is 10.6 Å². The van der Waals surface area contributed by atoms with Crippen LogP contribution in [0.1, 0.15) is 45.0 Å². The zero-order chi connectivity index (χ0) is 13.3. The molecule has 1 aromatic heterocycles. The highest BCUT2D eigenvalue weighted by Gasteiger charge is 2.26. The monoisotopic (exact) mass is 248 g/mol. The molecule has 0 saturated carbocycles. The van der Waals surface area contributed by atoms with E-state index >= 15 is 0 Å². The maximum Gasteiger partial charge on any atom is 0.137 e. The SMILES string of the molecule is CCc1nc(N)c(C)c(N2CCC(C)CC2C)n1. The van der Waals surface area contributed by atoms with Crippen molar-refractivity contribution >= 4 is 11.6 Å². The highest BCUT2D eigenvalue weighted by atomic mass is 15.2. The highest BCUT2D eigenvalue weighted by Crippen LogP contribution is 2.30. The molecule has 0 aromatic carbocycles. The summed E-state index contributed by atoms with van der Waals surface area (Å²) in [7, 11) is 0. The van der Waals surface area contributed by atoms with Crippen LogP contribution >= 0.6 is 0 Å². The number of nitrogen functional groups attached to an aromatic ring is 1. The zero-order valence-electron chi connectivity index (χ0n) is 11.9. The van der Waals surface area contributed by atoms with E-state index < -0.39 is 0 Å². The number of aromatic nitrogens is 2. The van der Waals surface area contributed by atoms with Crippen molar-refractivity contribution in [2.24, 2.45) is 5.92 Å². The summed E-state index contributed by atoms with van der Waals surface area (Å²) in [6.07, 6.45) is 3.29. The molecule has 0 aliphatic carbocycles.